The van der Waals surface area contributed by atoms with Gasteiger partial charge in [-0.25, -0.2) is 9.97 Å². The van der Waals surface area contributed by atoms with E-state index in [0.717, 1.165) is 5.56 Å². The van der Waals surface area contributed by atoms with E-state index < -0.39 is 0 Å². The average Bonchev–Trinajstić information content (AvgIpc) is 2.60. The van der Waals surface area contributed by atoms with Crippen LogP contribution in [0.25, 0.3) is 0 Å². The summed E-state index contributed by atoms with van der Waals surface area (Å²) in [6, 6.07) is 10.3. The molecule has 0 saturated heterocycles. The zero-order chi connectivity index (χ0) is 17.6. The van der Waals surface area contributed by atoms with E-state index in [1.165, 1.54) is 6.33 Å². The molecule has 1 amide bonds. The van der Waals surface area contributed by atoms with Gasteiger partial charge in [-0.3, -0.25) is 9.78 Å². The Morgan fingerprint density at radius 2 is 1.88 bits per heavy atom. The molecule has 8 heteroatoms. The van der Waals surface area contributed by atoms with Gasteiger partial charge in [0, 0.05) is 40.7 Å². The number of halogens is 2. The number of nitrogens with one attached hydrogen (secondary N) is 2. The van der Waals surface area contributed by atoms with E-state index in [1.54, 1.807) is 36.7 Å². The van der Waals surface area contributed by atoms with Crippen molar-refractivity contribution in [1.29, 1.82) is 0 Å². The third kappa shape index (κ3) is 4.89. The normalized spacial score (nSPS) is 10.3. The van der Waals surface area contributed by atoms with Crippen molar-refractivity contribution in [1.82, 2.24) is 20.3 Å². The molecule has 0 unspecified atom stereocenters. The molecule has 6 nitrogen and oxygen atoms in total. The number of hydrogen-bond donors (Lipinski definition) is 2. The summed E-state index contributed by atoms with van der Waals surface area (Å²) in [4.78, 5) is 24.3. The Bertz CT molecular complexity index is 869. The monoisotopic (exact) mass is 373 g/mol. The first-order valence-corrected chi connectivity index (χ1v) is 8.08. The van der Waals surface area contributed by atoms with Gasteiger partial charge < -0.3 is 10.6 Å². The second-order valence-electron chi connectivity index (χ2n) is 5.12. The molecule has 0 radical (unpaired) electrons. The van der Waals surface area contributed by atoms with Gasteiger partial charge in [0.1, 0.15) is 17.8 Å². The molecule has 126 valence electrons. The Labute approximate surface area is 154 Å². The lowest BCUT2D eigenvalue weighted by molar-refractivity contribution is 0.0946. The standard InChI is InChI=1S/C17H13Cl2N5O/c18-12-4-13(19)6-14(5-12)24-16-7-15(22-10-23-16)17(25)21-9-11-2-1-3-20-8-11/h1-8,10H,9H2,(H,21,25)(H,22,23,24). The fraction of sp³-hybridized carbons (Fsp3) is 0.0588. The van der Waals surface area contributed by atoms with Gasteiger partial charge in [0.25, 0.3) is 5.91 Å². The van der Waals surface area contributed by atoms with Gasteiger partial charge in [0.05, 0.1) is 0 Å². The van der Waals surface area contributed by atoms with Crippen LogP contribution in [-0.4, -0.2) is 20.9 Å². The van der Waals surface area contributed by atoms with Crippen molar-refractivity contribution >= 4 is 40.6 Å². The first-order chi connectivity index (χ1) is 12.1. The van der Waals surface area contributed by atoms with Crippen LogP contribution in [0.5, 0.6) is 0 Å². The summed E-state index contributed by atoms with van der Waals surface area (Å²) >= 11 is 11.9. The minimum Gasteiger partial charge on any atom is -0.347 e. The summed E-state index contributed by atoms with van der Waals surface area (Å²) in [5, 5.41) is 6.83. The number of amides is 1. The van der Waals surface area contributed by atoms with Gasteiger partial charge in [-0.05, 0) is 29.8 Å². The first-order valence-electron chi connectivity index (χ1n) is 7.32. The van der Waals surface area contributed by atoms with Crippen molar-refractivity contribution in [2.24, 2.45) is 0 Å². The second-order valence-corrected chi connectivity index (χ2v) is 5.99. The van der Waals surface area contributed by atoms with Crippen molar-refractivity contribution in [3.8, 4) is 0 Å². The van der Waals surface area contributed by atoms with Crippen LogP contribution < -0.4 is 10.6 Å². The van der Waals surface area contributed by atoms with Crippen LogP contribution in [0.2, 0.25) is 10.0 Å². The van der Waals surface area contributed by atoms with E-state index in [2.05, 4.69) is 25.6 Å². The van der Waals surface area contributed by atoms with Crippen LogP contribution in [-0.2, 0) is 6.54 Å². The molecule has 2 N–H and O–H groups in total. The third-order valence-corrected chi connectivity index (χ3v) is 3.65. The molecule has 25 heavy (non-hydrogen) atoms. The van der Waals surface area contributed by atoms with Crippen molar-refractivity contribution in [2.75, 3.05) is 5.32 Å². The molecule has 1 aromatic carbocycles. The number of nitrogens with zero attached hydrogens (tertiary/aromatic N) is 3. The zero-order valence-electron chi connectivity index (χ0n) is 12.9. The van der Waals surface area contributed by atoms with Crippen molar-refractivity contribution in [3.05, 3.63) is 76.4 Å². The van der Waals surface area contributed by atoms with E-state index in [4.69, 9.17) is 23.2 Å². The number of pyridine rings is 1. The van der Waals surface area contributed by atoms with E-state index in [-0.39, 0.29) is 11.6 Å². The number of aromatic nitrogens is 3. The fourth-order valence-corrected chi connectivity index (χ4v) is 2.63. The summed E-state index contributed by atoms with van der Waals surface area (Å²) in [7, 11) is 0. The lowest BCUT2D eigenvalue weighted by Crippen LogP contribution is -2.24. The quantitative estimate of drug-likeness (QED) is 0.709. The molecule has 3 aromatic rings. The molecule has 0 atom stereocenters. The van der Waals surface area contributed by atoms with Gasteiger partial charge in [-0.1, -0.05) is 29.3 Å². The van der Waals surface area contributed by atoms with Gasteiger partial charge in [0.15, 0.2) is 0 Å². The molecule has 0 aliphatic carbocycles. The topological polar surface area (TPSA) is 79.8 Å². The maximum atomic E-state index is 12.2. The number of hydrogen-bond acceptors (Lipinski definition) is 5. The number of rotatable bonds is 5. The Morgan fingerprint density at radius 1 is 1.08 bits per heavy atom. The highest BCUT2D eigenvalue weighted by atomic mass is 35.5. The minimum absolute atomic E-state index is 0.245. The average molecular weight is 374 g/mol. The molecule has 0 saturated carbocycles. The van der Waals surface area contributed by atoms with Crippen LogP contribution in [0.4, 0.5) is 11.5 Å². The van der Waals surface area contributed by atoms with E-state index in [1.807, 2.05) is 12.1 Å². The Balaban J connectivity index is 1.69. The van der Waals surface area contributed by atoms with Crippen LogP contribution in [0, 0.1) is 0 Å². The highest BCUT2D eigenvalue weighted by Gasteiger charge is 2.09. The first kappa shape index (κ1) is 17.1. The predicted octanol–water partition coefficient (Wildman–Crippen LogP) is 3.85. The molecule has 0 fully saturated rings. The van der Waals surface area contributed by atoms with Crippen molar-refractivity contribution in [3.63, 3.8) is 0 Å². The second kappa shape index (κ2) is 7.92. The summed E-state index contributed by atoms with van der Waals surface area (Å²) < 4.78 is 0. The van der Waals surface area contributed by atoms with Gasteiger partial charge in [-0.2, -0.15) is 0 Å². The Morgan fingerprint density at radius 3 is 2.60 bits per heavy atom. The predicted molar refractivity (Wildman–Crippen MR) is 97.2 cm³/mol. The van der Waals surface area contributed by atoms with Crippen LogP contribution in [0.15, 0.2) is 55.1 Å². The third-order valence-electron chi connectivity index (χ3n) is 3.21. The lowest BCUT2D eigenvalue weighted by atomic mass is 10.2. The molecule has 2 aromatic heterocycles. The number of carbonyl (C=O) groups is 1. The Kier molecular flexibility index (Phi) is 5.42. The molecule has 0 aliphatic heterocycles. The van der Waals surface area contributed by atoms with Crippen LogP contribution >= 0.6 is 23.2 Å². The van der Waals surface area contributed by atoms with Gasteiger partial charge in [-0.15, -0.1) is 0 Å². The van der Waals surface area contributed by atoms with Crippen LogP contribution in [0.3, 0.4) is 0 Å². The number of anilines is 2. The Hall–Kier alpha value is -2.70. The number of benzene rings is 1. The maximum absolute atomic E-state index is 12.2. The summed E-state index contributed by atoms with van der Waals surface area (Å²) in [6.07, 6.45) is 4.68. The molecule has 0 spiro atoms. The largest absolute Gasteiger partial charge is 0.347 e. The number of carbonyl (C=O) groups excluding carboxylic acids is 1. The van der Waals surface area contributed by atoms with Gasteiger partial charge in [0.2, 0.25) is 0 Å². The van der Waals surface area contributed by atoms with E-state index in [0.29, 0.717) is 28.1 Å². The smallest absolute Gasteiger partial charge is 0.270 e. The van der Waals surface area contributed by atoms with Crippen molar-refractivity contribution < 1.29 is 4.79 Å². The molecular formula is C17H13Cl2N5O. The molecule has 2 heterocycles. The summed E-state index contributed by atoms with van der Waals surface area (Å²) in [5.74, 6) is 0.151. The molecular weight excluding hydrogens is 361 g/mol. The summed E-state index contributed by atoms with van der Waals surface area (Å²) in [5.41, 5.74) is 1.81. The molecule has 3 rings (SSSR count). The lowest BCUT2D eigenvalue weighted by Gasteiger charge is -2.08. The summed E-state index contributed by atoms with van der Waals surface area (Å²) in [6.45, 7) is 0.364. The highest BCUT2D eigenvalue weighted by Crippen LogP contribution is 2.24. The maximum Gasteiger partial charge on any atom is 0.270 e. The zero-order valence-corrected chi connectivity index (χ0v) is 14.4. The van der Waals surface area contributed by atoms with Crippen LogP contribution in [0.1, 0.15) is 16.1 Å². The van der Waals surface area contributed by atoms with E-state index in [9.17, 15) is 4.79 Å². The van der Waals surface area contributed by atoms with Crippen molar-refractivity contribution in [2.45, 2.75) is 6.54 Å². The molecule has 0 aliphatic rings. The molecule has 0 bridgehead atoms. The fourth-order valence-electron chi connectivity index (χ4n) is 2.10. The SMILES string of the molecule is O=C(NCc1cccnc1)c1cc(Nc2cc(Cl)cc(Cl)c2)ncn1. The van der Waals surface area contributed by atoms with E-state index >= 15 is 0 Å². The highest BCUT2D eigenvalue weighted by molar-refractivity contribution is 6.35. The van der Waals surface area contributed by atoms with Gasteiger partial charge >= 0.3 is 0 Å². The minimum atomic E-state index is -0.307.